The summed E-state index contributed by atoms with van der Waals surface area (Å²) >= 11 is 1.26. The number of imidazole rings is 1. The van der Waals surface area contributed by atoms with Gasteiger partial charge in [0.25, 0.3) is 0 Å². The average Bonchev–Trinajstić information content (AvgIpc) is 3.33. The number of aromatic nitrogens is 6. The molecule has 0 aromatic carbocycles. The van der Waals surface area contributed by atoms with E-state index >= 15 is 0 Å². The van der Waals surface area contributed by atoms with E-state index in [1.165, 1.54) is 17.5 Å². The fourth-order valence-electron chi connectivity index (χ4n) is 2.42. The molecule has 122 valence electrons. The first kappa shape index (κ1) is 14.8. The van der Waals surface area contributed by atoms with Crippen LogP contribution < -0.4 is 5.32 Å². The minimum atomic E-state index is -0.522. The summed E-state index contributed by atoms with van der Waals surface area (Å²) in [4.78, 5) is 13.5. The summed E-state index contributed by atoms with van der Waals surface area (Å²) in [6.45, 7) is 2.33. The molecule has 0 atom stereocenters. The Kier molecular flexibility index (Phi) is 3.69. The molecule has 4 aromatic heterocycles. The molecule has 0 spiro atoms. The summed E-state index contributed by atoms with van der Waals surface area (Å²) < 4.78 is 16.5. The Balaban J connectivity index is 1.73. The number of alkyl halides is 1. The molecule has 1 N–H and O–H groups in total. The number of halogens is 1. The van der Waals surface area contributed by atoms with Crippen LogP contribution in [0.3, 0.4) is 0 Å². The van der Waals surface area contributed by atoms with Crippen molar-refractivity contribution in [2.75, 3.05) is 5.32 Å². The van der Waals surface area contributed by atoms with Gasteiger partial charge in [-0.2, -0.15) is 5.10 Å². The third-order valence-corrected chi connectivity index (χ3v) is 4.47. The normalized spacial score (nSPS) is 11.2. The lowest BCUT2D eigenvalue weighted by molar-refractivity contribution is 0.491. The molecule has 0 aliphatic heterocycles. The molecule has 0 bridgehead atoms. The van der Waals surface area contributed by atoms with Crippen molar-refractivity contribution >= 4 is 27.9 Å². The van der Waals surface area contributed by atoms with E-state index in [-0.39, 0.29) is 0 Å². The maximum atomic E-state index is 12.7. The first-order valence-electron chi connectivity index (χ1n) is 7.41. The molecule has 0 fully saturated rings. The zero-order chi connectivity index (χ0) is 16.5. The molecule has 9 heteroatoms. The Morgan fingerprint density at radius 3 is 2.88 bits per heavy atom. The van der Waals surface area contributed by atoms with Gasteiger partial charge in [0.2, 0.25) is 0 Å². The van der Waals surface area contributed by atoms with Crippen LogP contribution in [0.15, 0.2) is 37.2 Å². The second kappa shape index (κ2) is 6.00. The fraction of sp³-hybridized carbons (Fsp3) is 0.200. The number of hydrogen-bond acceptors (Lipinski definition) is 6. The van der Waals surface area contributed by atoms with Crippen molar-refractivity contribution in [2.24, 2.45) is 0 Å². The van der Waals surface area contributed by atoms with E-state index in [0.717, 1.165) is 17.8 Å². The molecule has 0 amide bonds. The molecule has 0 aliphatic carbocycles. The Labute approximate surface area is 140 Å². The molecule has 7 nitrogen and oxygen atoms in total. The second-order valence-electron chi connectivity index (χ2n) is 5.09. The van der Waals surface area contributed by atoms with Crippen LogP contribution in [0.25, 0.3) is 16.9 Å². The van der Waals surface area contributed by atoms with Crippen molar-refractivity contribution in [1.82, 2.24) is 29.1 Å². The molecule has 4 aromatic rings. The Morgan fingerprint density at radius 1 is 1.21 bits per heavy atom. The highest BCUT2D eigenvalue weighted by Gasteiger charge is 2.13. The lowest BCUT2D eigenvalue weighted by Gasteiger charge is -2.04. The molecular weight excluding hydrogens is 329 g/mol. The van der Waals surface area contributed by atoms with Crippen LogP contribution in [0, 0.1) is 0 Å². The fourth-order valence-corrected chi connectivity index (χ4v) is 3.08. The maximum absolute atomic E-state index is 12.7. The minimum Gasteiger partial charge on any atom is -0.313 e. The highest BCUT2D eigenvalue weighted by Crippen LogP contribution is 2.27. The number of aryl methyl sites for hydroxylation is 1. The lowest BCUT2D eigenvalue weighted by atomic mass is 10.3. The van der Waals surface area contributed by atoms with Gasteiger partial charge in [0, 0.05) is 36.9 Å². The predicted molar refractivity (Wildman–Crippen MR) is 90.1 cm³/mol. The van der Waals surface area contributed by atoms with Crippen LogP contribution in [-0.4, -0.2) is 29.1 Å². The molecule has 0 saturated heterocycles. The van der Waals surface area contributed by atoms with E-state index in [1.54, 1.807) is 12.4 Å². The summed E-state index contributed by atoms with van der Waals surface area (Å²) in [6.07, 6.45) is 10.6. The molecule has 0 unspecified atom stereocenters. The maximum Gasteiger partial charge on any atom is 0.188 e. The first-order valence-corrected chi connectivity index (χ1v) is 8.22. The number of fused-ring (bicyclic) bond motifs is 1. The van der Waals surface area contributed by atoms with Gasteiger partial charge in [-0.15, -0.1) is 0 Å². The first-order chi connectivity index (χ1) is 11.8. The van der Waals surface area contributed by atoms with E-state index in [2.05, 4.69) is 25.4 Å². The van der Waals surface area contributed by atoms with E-state index in [1.807, 2.05) is 34.6 Å². The smallest absolute Gasteiger partial charge is 0.188 e. The average molecular weight is 343 g/mol. The Morgan fingerprint density at radius 2 is 2.12 bits per heavy atom. The molecular formula is C15H14FN7S. The number of thiazole rings is 1. The molecule has 4 rings (SSSR count). The zero-order valence-electron chi connectivity index (χ0n) is 12.8. The number of rotatable bonds is 5. The Hall–Kier alpha value is -2.81. The van der Waals surface area contributed by atoms with Gasteiger partial charge in [-0.05, 0) is 6.92 Å². The standard InChI is InChI=1S/C15H14FN7S/c1-2-22-9-10(6-20-22)12-8-18-14-13(17-3-4-23(12)14)21-15-19-7-11(5-16)24-15/h3-4,6-9H,2,5H2,1H3,(H,17,19,21). The topological polar surface area (TPSA) is 72.9 Å². The van der Waals surface area contributed by atoms with Crippen molar-refractivity contribution in [2.45, 2.75) is 20.1 Å². The van der Waals surface area contributed by atoms with Crippen molar-refractivity contribution in [3.63, 3.8) is 0 Å². The van der Waals surface area contributed by atoms with Gasteiger partial charge < -0.3 is 5.32 Å². The third kappa shape index (κ3) is 2.52. The quantitative estimate of drug-likeness (QED) is 0.602. The molecule has 24 heavy (non-hydrogen) atoms. The van der Waals surface area contributed by atoms with Crippen LogP contribution in [-0.2, 0) is 13.2 Å². The van der Waals surface area contributed by atoms with Gasteiger partial charge in [0.1, 0.15) is 6.67 Å². The summed E-state index contributed by atoms with van der Waals surface area (Å²) in [7, 11) is 0. The number of nitrogens with one attached hydrogen (secondary N) is 1. The van der Waals surface area contributed by atoms with E-state index in [4.69, 9.17) is 0 Å². The van der Waals surface area contributed by atoms with Crippen molar-refractivity contribution in [3.8, 4) is 11.3 Å². The largest absolute Gasteiger partial charge is 0.313 e. The number of anilines is 2. The van der Waals surface area contributed by atoms with Crippen molar-refractivity contribution < 1.29 is 4.39 Å². The van der Waals surface area contributed by atoms with Crippen molar-refractivity contribution in [3.05, 3.63) is 42.1 Å². The highest BCUT2D eigenvalue weighted by atomic mass is 32.1. The zero-order valence-corrected chi connectivity index (χ0v) is 13.7. The van der Waals surface area contributed by atoms with Crippen LogP contribution in [0.2, 0.25) is 0 Å². The van der Waals surface area contributed by atoms with Crippen LogP contribution >= 0.6 is 11.3 Å². The molecule has 0 aliphatic rings. The van der Waals surface area contributed by atoms with E-state index < -0.39 is 6.67 Å². The van der Waals surface area contributed by atoms with Gasteiger partial charge in [0.15, 0.2) is 16.6 Å². The summed E-state index contributed by atoms with van der Waals surface area (Å²) in [6, 6.07) is 0. The van der Waals surface area contributed by atoms with Gasteiger partial charge in [-0.25, -0.2) is 19.3 Å². The molecule has 4 heterocycles. The Bertz CT molecular complexity index is 987. The summed E-state index contributed by atoms with van der Waals surface area (Å²) in [5.41, 5.74) is 2.59. The number of hydrogen-bond donors (Lipinski definition) is 1. The van der Waals surface area contributed by atoms with Gasteiger partial charge in [-0.1, -0.05) is 11.3 Å². The minimum absolute atomic E-state index is 0.522. The van der Waals surface area contributed by atoms with Gasteiger partial charge in [0.05, 0.1) is 23.0 Å². The van der Waals surface area contributed by atoms with E-state index in [9.17, 15) is 4.39 Å². The SMILES string of the molecule is CCn1cc(-c2cnc3c(Nc4ncc(CF)s4)nccn23)cn1. The van der Waals surface area contributed by atoms with Gasteiger partial charge in [-0.3, -0.25) is 9.08 Å². The number of nitrogens with zero attached hydrogens (tertiary/aromatic N) is 6. The predicted octanol–water partition coefficient (Wildman–Crippen LogP) is 3.28. The lowest BCUT2D eigenvalue weighted by Crippen LogP contribution is -1.98. The van der Waals surface area contributed by atoms with Gasteiger partial charge >= 0.3 is 0 Å². The monoisotopic (exact) mass is 343 g/mol. The van der Waals surface area contributed by atoms with Crippen LogP contribution in [0.5, 0.6) is 0 Å². The van der Waals surface area contributed by atoms with Crippen molar-refractivity contribution in [1.29, 1.82) is 0 Å². The third-order valence-electron chi connectivity index (χ3n) is 3.59. The summed E-state index contributed by atoms with van der Waals surface area (Å²) in [5, 5.41) is 8.00. The highest BCUT2D eigenvalue weighted by molar-refractivity contribution is 7.15. The molecule has 0 radical (unpaired) electrons. The molecule has 0 saturated carbocycles. The second-order valence-corrected chi connectivity index (χ2v) is 6.20. The van der Waals surface area contributed by atoms with Crippen LogP contribution in [0.1, 0.15) is 11.8 Å². The van der Waals surface area contributed by atoms with Crippen LogP contribution in [0.4, 0.5) is 15.3 Å². The summed E-state index contributed by atoms with van der Waals surface area (Å²) in [5.74, 6) is 0.575. The van der Waals surface area contributed by atoms with E-state index in [0.29, 0.717) is 21.5 Å².